The molecule has 1 saturated heterocycles. The first-order chi connectivity index (χ1) is 27.0. The van der Waals surface area contributed by atoms with Gasteiger partial charge in [-0.05, 0) is 53.4 Å². The van der Waals surface area contributed by atoms with E-state index in [9.17, 15) is 44.3 Å². The van der Waals surface area contributed by atoms with Crippen LogP contribution in [0.25, 0.3) is 0 Å². The number of aliphatic hydroxyl groups is 5. The Hall–Kier alpha value is -2.10. The van der Waals surface area contributed by atoms with Crippen molar-refractivity contribution in [2.45, 2.75) is 90.1 Å². The molecule has 0 aromatic carbocycles. The van der Waals surface area contributed by atoms with E-state index in [4.69, 9.17) is 41.8 Å². The third kappa shape index (κ3) is 22.2. The van der Waals surface area contributed by atoms with Gasteiger partial charge in [0, 0.05) is 14.2 Å². The van der Waals surface area contributed by atoms with Crippen molar-refractivity contribution < 1.29 is 86.0 Å². The van der Waals surface area contributed by atoms with Crippen LogP contribution in [0.15, 0.2) is 34.9 Å². The number of rotatable bonds is 30. The molecule has 0 bridgehead atoms. The van der Waals surface area contributed by atoms with Crippen molar-refractivity contribution in [2.75, 3.05) is 86.3 Å². The molecule has 1 fully saturated rings. The van der Waals surface area contributed by atoms with Gasteiger partial charge in [-0.1, -0.05) is 34.9 Å². The van der Waals surface area contributed by atoms with Crippen molar-refractivity contribution in [1.29, 1.82) is 0 Å². The van der Waals surface area contributed by atoms with Crippen LogP contribution in [0.2, 0.25) is 0 Å². The molecule has 0 radical (unpaired) electrons. The summed E-state index contributed by atoms with van der Waals surface area (Å²) in [6, 6.07) is -1.76. The second kappa shape index (κ2) is 29.2. The van der Waals surface area contributed by atoms with Crippen molar-refractivity contribution in [2.24, 2.45) is 0 Å². The Morgan fingerprint density at radius 3 is 2.07 bits per heavy atom. The number of ether oxygens (including phenoxy) is 6. The first kappa shape index (κ1) is 52.9. The summed E-state index contributed by atoms with van der Waals surface area (Å²) in [6.45, 7) is 6.90. The van der Waals surface area contributed by atoms with Crippen LogP contribution < -0.4 is 10.6 Å². The summed E-state index contributed by atoms with van der Waals surface area (Å²) in [4.78, 5) is 25.2. The van der Waals surface area contributed by atoms with E-state index >= 15 is 0 Å². The molecule has 22 heteroatoms. The lowest BCUT2D eigenvalue weighted by atomic mass is 9.97. The van der Waals surface area contributed by atoms with Crippen LogP contribution in [0, 0.1) is 0 Å². The van der Waals surface area contributed by atoms with Gasteiger partial charge in [0.15, 0.2) is 6.29 Å². The molecule has 20 nitrogen and oxygen atoms in total. The largest absolute Gasteiger partial charge is 0.447 e. The van der Waals surface area contributed by atoms with Gasteiger partial charge in [0.2, 0.25) is 5.91 Å². The second-order valence-electron chi connectivity index (χ2n) is 13.3. The minimum Gasteiger partial charge on any atom is -0.447 e. The highest BCUT2D eigenvalue weighted by Gasteiger charge is 2.49. The molecule has 1 aliphatic heterocycles. The molecule has 2 amide bonds. The molecule has 0 aliphatic carbocycles. The maximum absolute atomic E-state index is 13.6. The van der Waals surface area contributed by atoms with Crippen LogP contribution in [-0.4, -0.2) is 161 Å². The molecule has 1 rings (SSSR count). The van der Waals surface area contributed by atoms with E-state index in [-0.39, 0.29) is 39.6 Å². The maximum Gasteiger partial charge on any atom is 0.407 e. The summed E-state index contributed by atoms with van der Waals surface area (Å²) in [7, 11) is -6.58. The summed E-state index contributed by atoms with van der Waals surface area (Å²) in [6.07, 6.45) is -2.51. The topological polar surface area (TPSA) is 277 Å². The van der Waals surface area contributed by atoms with Gasteiger partial charge in [-0.25, -0.2) is 9.11 Å². The minimum absolute atomic E-state index is 0.0620. The van der Waals surface area contributed by atoms with Gasteiger partial charge in [0.05, 0.1) is 46.2 Å². The summed E-state index contributed by atoms with van der Waals surface area (Å²) < 4.78 is 74.0. The Morgan fingerprint density at radius 1 is 0.825 bits per heavy atom. The highest BCUT2D eigenvalue weighted by molar-refractivity contribution is 7.67. The van der Waals surface area contributed by atoms with Crippen molar-refractivity contribution in [3.63, 3.8) is 0 Å². The van der Waals surface area contributed by atoms with Crippen LogP contribution in [0.4, 0.5) is 4.79 Å². The number of nitrogens with one attached hydrogen (secondary N) is 2. The zero-order valence-corrected chi connectivity index (χ0v) is 35.5. The number of aliphatic hydroxyl groups excluding tert-OH is 5. The Kier molecular flexibility index (Phi) is 27.1. The highest BCUT2D eigenvalue weighted by Crippen LogP contribution is 2.64. The predicted octanol–water partition coefficient (Wildman–Crippen LogP) is 2.09. The van der Waals surface area contributed by atoms with E-state index in [0.29, 0.717) is 13.0 Å². The molecule has 57 heavy (non-hydrogen) atoms. The van der Waals surface area contributed by atoms with Gasteiger partial charge in [-0.2, -0.15) is 0 Å². The van der Waals surface area contributed by atoms with Crippen LogP contribution >= 0.6 is 15.2 Å². The quantitative estimate of drug-likeness (QED) is 0.0309. The van der Waals surface area contributed by atoms with Crippen molar-refractivity contribution in [1.82, 2.24) is 10.6 Å². The van der Waals surface area contributed by atoms with Gasteiger partial charge in [0.1, 0.15) is 56.3 Å². The summed E-state index contributed by atoms with van der Waals surface area (Å²) >= 11 is 0. The third-order valence-electron chi connectivity index (χ3n) is 8.06. The van der Waals surface area contributed by atoms with E-state index in [2.05, 4.69) is 29.7 Å². The van der Waals surface area contributed by atoms with Gasteiger partial charge in [0.25, 0.3) is 0 Å². The molecule has 0 spiro atoms. The molecule has 0 saturated carbocycles. The molecule has 332 valence electrons. The number of alkyl carbamates (subject to hydrolysis) is 1. The first-order valence-electron chi connectivity index (χ1n) is 18.4. The van der Waals surface area contributed by atoms with E-state index in [0.717, 1.165) is 24.8 Å². The monoisotopic (exact) mass is 862 g/mol. The average Bonchev–Trinajstić information content (AvgIpc) is 3.17. The second-order valence-corrected chi connectivity index (χ2v) is 17.4. The van der Waals surface area contributed by atoms with Crippen molar-refractivity contribution in [3.8, 4) is 0 Å². The molecule has 1 aliphatic rings. The van der Waals surface area contributed by atoms with Crippen LogP contribution in [-0.2, 0) is 55.7 Å². The van der Waals surface area contributed by atoms with Gasteiger partial charge in [-0.3, -0.25) is 18.4 Å². The third-order valence-corrected chi connectivity index (χ3v) is 11.8. The van der Waals surface area contributed by atoms with Crippen molar-refractivity contribution >= 4 is 27.2 Å². The molecule has 0 aromatic rings. The van der Waals surface area contributed by atoms with Gasteiger partial charge >= 0.3 is 21.3 Å². The Balaban J connectivity index is 2.90. The van der Waals surface area contributed by atoms with E-state index in [1.54, 1.807) is 6.08 Å². The zero-order chi connectivity index (χ0) is 42.9. The number of carbonyl (C=O) groups excluding carboxylic acids is 2. The summed E-state index contributed by atoms with van der Waals surface area (Å²) in [5.41, 5.74) is 3.37. The fourth-order valence-corrected chi connectivity index (χ4v) is 8.10. The highest BCUT2D eigenvalue weighted by atomic mass is 31.3. The molecule has 1 heterocycles. The van der Waals surface area contributed by atoms with E-state index in [1.807, 2.05) is 20.8 Å². The molecule has 8 atom stereocenters. The average molecular weight is 863 g/mol. The Bertz CT molecular complexity index is 1360. The number of amides is 2. The first-order valence-corrected chi connectivity index (χ1v) is 21.9. The van der Waals surface area contributed by atoms with Crippen LogP contribution in [0.5, 0.6) is 0 Å². The van der Waals surface area contributed by atoms with Gasteiger partial charge in [-0.15, -0.1) is 0 Å². The fraction of sp³-hybridized carbons (Fsp3) is 0.771. The summed E-state index contributed by atoms with van der Waals surface area (Å²) in [5.74, 6) is -0.987. The lowest BCUT2D eigenvalue weighted by Gasteiger charge is -2.42. The molecule has 7 N–H and O–H groups in total. The molecular formula is C35H64N2O18P2. The smallest absolute Gasteiger partial charge is 0.407 e. The predicted molar refractivity (Wildman–Crippen MR) is 206 cm³/mol. The molecule has 3 unspecified atom stereocenters. The number of carbonyl (C=O) groups is 2. The number of allylic oxidation sites excluding steroid dienone is 5. The minimum atomic E-state index is -4.95. The lowest BCUT2D eigenvalue weighted by Crippen LogP contribution is -2.65. The Labute approximate surface area is 334 Å². The normalized spacial score (nSPS) is 22.9. The maximum atomic E-state index is 13.6. The molecule has 0 aromatic heterocycles. The fourth-order valence-electron chi connectivity index (χ4n) is 4.88. The van der Waals surface area contributed by atoms with Crippen LogP contribution in [0.3, 0.4) is 0 Å². The SMILES string of the molecule is COCCOCC(COC(=O)NCC(=O)NC1[C@H](O[P@@](=O)(CO)O[P@@](=O)(CO)OC/C=C(/C)CC/C=C(\C)CCC=C(C)C)OC(CO)[C@H](O)[C@@H]1O)OCCOC. The van der Waals surface area contributed by atoms with E-state index in [1.165, 1.54) is 25.4 Å². The van der Waals surface area contributed by atoms with Crippen LogP contribution in [0.1, 0.15) is 53.4 Å². The zero-order valence-electron chi connectivity index (χ0n) is 33.7. The van der Waals surface area contributed by atoms with E-state index < -0.39 is 89.8 Å². The summed E-state index contributed by atoms with van der Waals surface area (Å²) in [5, 5.41) is 55.3. The standard InChI is InChI=1S/C35H64N2O18P2/c1-25(2)9-7-10-26(3)11-8-12-27(4)13-14-52-56(45,23-39)55-57(46,24-40)54-34-31(33(43)32(42)29(20-38)53-34)37-30(41)19-36-35(44)51-22-28(50-18-16-48-6)21-49-17-15-47-5/h9,11,13,28-29,31-34,38-40,42-43H,7-8,10,12,14-24H2,1-6H3,(H,36,44)(H,37,41)/b26-11+,27-13-/t28?,29?,31?,32-,33+,34-,56+,57-/m0/s1. The molecular weight excluding hydrogens is 798 g/mol. The number of hydrogen-bond donors (Lipinski definition) is 7. The van der Waals surface area contributed by atoms with Gasteiger partial charge < -0.3 is 69.1 Å². The lowest BCUT2D eigenvalue weighted by molar-refractivity contribution is -0.246. The van der Waals surface area contributed by atoms with Crippen molar-refractivity contribution in [3.05, 3.63) is 34.9 Å². The number of methoxy groups -OCH3 is 2. The number of hydrogen-bond acceptors (Lipinski definition) is 18. The Morgan fingerprint density at radius 2 is 1.46 bits per heavy atom.